The van der Waals surface area contributed by atoms with E-state index in [1.54, 1.807) is 18.2 Å². The molecule has 2 aromatic carbocycles. The molecule has 0 aliphatic heterocycles. The molecule has 0 saturated carbocycles. The van der Waals surface area contributed by atoms with Crippen molar-refractivity contribution < 1.29 is 17.9 Å². The number of rotatable bonds is 5. The zero-order chi connectivity index (χ0) is 15.5. The molecular formula is C16H18F3NO. The molecule has 0 heterocycles. The summed E-state index contributed by atoms with van der Waals surface area (Å²) < 4.78 is 43.5. The first-order valence-electron chi connectivity index (χ1n) is 6.90. The van der Waals surface area contributed by atoms with E-state index in [9.17, 15) is 13.2 Å². The maximum Gasteiger partial charge on any atom is 0.407 e. The molecule has 0 spiro atoms. The van der Waals surface area contributed by atoms with Crippen LogP contribution in [0.2, 0.25) is 0 Å². The van der Waals surface area contributed by atoms with E-state index in [1.165, 1.54) is 12.1 Å². The fourth-order valence-corrected chi connectivity index (χ4v) is 2.05. The predicted octanol–water partition coefficient (Wildman–Crippen LogP) is 4.58. The molecule has 0 fully saturated rings. The van der Waals surface area contributed by atoms with Crippen LogP contribution in [0, 0.1) is 0 Å². The first-order chi connectivity index (χ1) is 9.91. The lowest BCUT2D eigenvalue weighted by molar-refractivity contribution is -0.149. The van der Waals surface area contributed by atoms with Gasteiger partial charge in [0.2, 0.25) is 0 Å². The van der Waals surface area contributed by atoms with Crippen molar-refractivity contribution in [2.45, 2.75) is 32.0 Å². The van der Waals surface area contributed by atoms with Crippen LogP contribution in [0.5, 0.6) is 5.75 Å². The first-order valence-corrected chi connectivity index (χ1v) is 6.90. The van der Waals surface area contributed by atoms with E-state index in [-0.39, 0.29) is 5.56 Å². The molecule has 2 aromatic rings. The number of ether oxygens (including phenoxy) is 1. The van der Waals surface area contributed by atoms with E-state index >= 15 is 0 Å². The van der Waals surface area contributed by atoms with Gasteiger partial charge in [-0.2, -0.15) is 13.2 Å². The molecule has 0 amide bonds. The highest BCUT2D eigenvalue weighted by Gasteiger charge is 2.37. The zero-order valence-corrected chi connectivity index (χ0v) is 11.8. The van der Waals surface area contributed by atoms with Gasteiger partial charge in [-0.1, -0.05) is 31.5 Å². The third-order valence-corrected chi connectivity index (χ3v) is 3.31. The van der Waals surface area contributed by atoms with Crippen molar-refractivity contribution in [3.63, 3.8) is 0 Å². The third kappa shape index (κ3) is 3.88. The molecule has 5 heteroatoms. The SMILES string of the molecule is CCCCOc1ccc2cc([C@H](N)C(F)(F)F)ccc2c1. The van der Waals surface area contributed by atoms with E-state index in [2.05, 4.69) is 6.92 Å². The number of hydrogen-bond donors (Lipinski definition) is 1. The standard InChI is InChI=1S/C16H18F3NO/c1-2-3-8-21-14-7-6-11-9-13(5-4-12(11)10-14)15(20)16(17,18)19/h4-7,9-10,15H,2-3,8,20H2,1H3/t15-/m0/s1. The molecule has 2 N–H and O–H groups in total. The van der Waals surface area contributed by atoms with Crippen LogP contribution >= 0.6 is 0 Å². The van der Waals surface area contributed by atoms with Gasteiger partial charge < -0.3 is 10.5 Å². The number of benzene rings is 2. The van der Waals surface area contributed by atoms with Gasteiger partial charge in [0.15, 0.2) is 0 Å². The van der Waals surface area contributed by atoms with Crippen LogP contribution in [0.4, 0.5) is 13.2 Å². The zero-order valence-electron chi connectivity index (χ0n) is 11.8. The van der Waals surface area contributed by atoms with Crippen molar-refractivity contribution in [3.8, 4) is 5.75 Å². The minimum absolute atomic E-state index is 0.0645. The minimum atomic E-state index is -4.43. The summed E-state index contributed by atoms with van der Waals surface area (Å²) in [7, 11) is 0. The second-order valence-electron chi connectivity index (χ2n) is 4.99. The van der Waals surface area contributed by atoms with Gasteiger partial charge in [-0.05, 0) is 41.0 Å². The molecule has 2 rings (SSSR count). The Kier molecular flexibility index (Phi) is 4.73. The van der Waals surface area contributed by atoms with E-state index in [0.29, 0.717) is 6.61 Å². The van der Waals surface area contributed by atoms with E-state index in [4.69, 9.17) is 10.5 Å². The van der Waals surface area contributed by atoms with Crippen LogP contribution in [0.3, 0.4) is 0 Å². The summed E-state index contributed by atoms with van der Waals surface area (Å²) in [5.74, 6) is 0.726. The van der Waals surface area contributed by atoms with Crippen LogP contribution in [0.25, 0.3) is 10.8 Å². The summed E-state index contributed by atoms with van der Waals surface area (Å²) in [5.41, 5.74) is 5.29. The van der Waals surface area contributed by atoms with Gasteiger partial charge in [0.25, 0.3) is 0 Å². The Labute approximate surface area is 121 Å². The second-order valence-corrected chi connectivity index (χ2v) is 4.99. The largest absolute Gasteiger partial charge is 0.494 e. The van der Waals surface area contributed by atoms with Crippen LogP contribution in [0.1, 0.15) is 31.4 Å². The third-order valence-electron chi connectivity index (χ3n) is 3.31. The lowest BCUT2D eigenvalue weighted by Gasteiger charge is -2.16. The van der Waals surface area contributed by atoms with Gasteiger partial charge in [0, 0.05) is 0 Å². The maximum absolute atomic E-state index is 12.6. The minimum Gasteiger partial charge on any atom is -0.494 e. The summed E-state index contributed by atoms with van der Waals surface area (Å²) >= 11 is 0. The summed E-state index contributed by atoms with van der Waals surface area (Å²) in [4.78, 5) is 0. The maximum atomic E-state index is 12.6. The molecule has 2 nitrogen and oxygen atoms in total. The van der Waals surface area contributed by atoms with Gasteiger partial charge in [0.1, 0.15) is 11.8 Å². The Morgan fingerprint density at radius 3 is 2.43 bits per heavy atom. The molecule has 0 radical (unpaired) electrons. The highest BCUT2D eigenvalue weighted by atomic mass is 19.4. The summed E-state index contributed by atoms with van der Waals surface area (Å²) in [6.45, 7) is 2.72. The second kappa shape index (κ2) is 6.35. The smallest absolute Gasteiger partial charge is 0.407 e. The van der Waals surface area contributed by atoms with Crippen LogP contribution in [0.15, 0.2) is 36.4 Å². The Morgan fingerprint density at radius 2 is 1.76 bits per heavy atom. The fraction of sp³-hybridized carbons (Fsp3) is 0.375. The van der Waals surface area contributed by atoms with Crippen molar-refractivity contribution >= 4 is 10.8 Å². The van der Waals surface area contributed by atoms with E-state index in [0.717, 1.165) is 29.4 Å². The highest BCUT2D eigenvalue weighted by molar-refractivity contribution is 5.84. The lowest BCUT2D eigenvalue weighted by Crippen LogP contribution is -2.28. The van der Waals surface area contributed by atoms with Crippen molar-refractivity contribution in [2.24, 2.45) is 5.73 Å². The van der Waals surface area contributed by atoms with Crippen molar-refractivity contribution in [3.05, 3.63) is 42.0 Å². The number of hydrogen-bond acceptors (Lipinski definition) is 2. The van der Waals surface area contributed by atoms with Crippen LogP contribution < -0.4 is 10.5 Å². The average Bonchev–Trinajstić information content (AvgIpc) is 2.45. The molecule has 0 bridgehead atoms. The van der Waals surface area contributed by atoms with Gasteiger partial charge in [0.05, 0.1) is 6.61 Å². The number of alkyl halides is 3. The fourth-order valence-electron chi connectivity index (χ4n) is 2.05. The van der Waals surface area contributed by atoms with Crippen molar-refractivity contribution in [2.75, 3.05) is 6.61 Å². The molecule has 0 saturated heterocycles. The lowest BCUT2D eigenvalue weighted by atomic mass is 10.0. The number of fused-ring (bicyclic) bond motifs is 1. The van der Waals surface area contributed by atoms with E-state index < -0.39 is 12.2 Å². The van der Waals surface area contributed by atoms with Crippen LogP contribution in [-0.2, 0) is 0 Å². The van der Waals surface area contributed by atoms with Gasteiger partial charge in [-0.15, -0.1) is 0 Å². The Balaban J connectivity index is 2.23. The topological polar surface area (TPSA) is 35.2 Å². The van der Waals surface area contributed by atoms with Crippen LogP contribution in [-0.4, -0.2) is 12.8 Å². The number of nitrogens with two attached hydrogens (primary N) is 1. The predicted molar refractivity (Wildman–Crippen MR) is 77.3 cm³/mol. The van der Waals surface area contributed by atoms with Crippen molar-refractivity contribution in [1.82, 2.24) is 0 Å². The Hall–Kier alpha value is -1.75. The molecule has 114 valence electrons. The van der Waals surface area contributed by atoms with E-state index in [1.807, 2.05) is 6.07 Å². The molecule has 0 aliphatic rings. The number of halogens is 3. The average molecular weight is 297 g/mol. The van der Waals surface area contributed by atoms with Gasteiger partial charge in [-0.25, -0.2) is 0 Å². The molecule has 21 heavy (non-hydrogen) atoms. The van der Waals surface area contributed by atoms with Gasteiger partial charge >= 0.3 is 6.18 Å². The van der Waals surface area contributed by atoms with Gasteiger partial charge in [-0.3, -0.25) is 0 Å². The summed E-state index contributed by atoms with van der Waals surface area (Å²) in [5, 5.41) is 1.55. The number of unbranched alkanes of at least 4 members (excludes halogenated alkanes) is 1. The normalized spacial score (nSPS) is 13.4. The summed E-state index contributed by atoms with van der Waals surface area (Å²) in [6.07, 6.45) is -2.42. The first kappa shape index (κ1) is 15.6. The highest BCUT2D eigenvalue weighted by Crippen LogP contribution is 2.32. The monoisotopic (exact) mass is 297 g/mol. The quantitative estimate of drug-likeness (QED) is 0.820. The molecule has 0 aromatic heterocycles. The molecule has 1 atom stereocenters. The Bertz CT molecular complexity index is 610. The molecule has 0 unspecified atom stereocenters. The summed E-state index contributed by atoms with van der Waals surface area (Å²) in [6, 6.07) is 7.92. The van der Waals surface area contributed by atoms with Crippen molar-refractivity contribution in [1.29, 1.82) is 0 Å². The Morgan fingerprint density at radius 1 is 1.10 bits per heavy atom. The molecule has 0 aliphatic carbocycles. The molecular weight excluding hydrogens is 279 g/mol.